The zero-order valence-corrected chi connectivity index (χ0v) is 11.1. The first-order valence-corrected chi connectivity index (χ1v) is 5.82. The van der Waals surface area contributed by atoms with Gasteiger partial charge in [0, 0.05) is 12.6 Å². The minimum Gasteiger partial charge on any atom is -0.369 e. The van der Waals surface area contributed by atoms with Gasteiger partial charge in [0.2, 0.25) is 5.91 Å². The lowest BCUT2D eigenvalue weighted by molar-refractivity contribution is -0.119. The fourth-order valence-corrected chi connectivity index (χ4v) is 2.07. The predicted molar refractivity (Wildman–Crippen MR) is 68.7 cm³/mol. The number of carbonyl (C=O) groups is 1. The number of halogens is 1. The monoisotopic (exact) mass is 249 g/mol. The molecule has 1 amide bonds. The molecule has 0 bridgehead atoms. The Morgan fingerprint density at radius 2 is 2.25 bits per heavy atom. The topological polar surface area (TPSA) is 58.4 Å². The molecule has 1 saturated heterocycles. The first-order chi connectivity index (χ1) is 7.09. The Hall–Kier alpha value is -0.320. The molecule has 1 atom stereocenters. The van der Waals surface area contributed by atoms with Gasteiger partial charge in [-0.15, -0.1) is 12.4 Å². The molecule has 0 aromatic carbocycles. The summed E-state index contributed by atoms with van der Waals surface area (Å²) in [6, 6.07) is 0.388. The standard InChI is InChI=1S/C11H23N3O.ClH/c1-9(2)14(8-11(12)15)7-10-4-3-5-13-6-10;/h9-10,13H,3-8H2,1-2H3,(H2,12,15);1H. The zero-order chi connectivity index (χ0) is 11.3. The van der Waals surface area contributed by atoms with Crippen molar-refractivity contribution < 1.29 is 4.79 Å². The molecule has 5 heteroatoms. The van der Waals surface area contributed by atoms with Gasteiger partial charge in [0.05, 0.1) is 6.54 Å². The third-order valence-corrected chi connectivity index (χ3v) is 2.98. The molecular weight excluding hydrogens is 226 g/mol. The van der Waals surface area contributed by atoms with E-state index in [0.29, 0.717) is 18.5 Å². The lowest BCUT2D eigenvalue weighted by Crippen LogP contribution is -2.44. The summed E-state index contributed by atoms with van der Waals surface area (Å²) in [6.45, 7) is 7.79. The summed E-state index contributed by atoms with van der Waals surface area (Å²) < 4.78 is 0. The number of nitrogens with one attached hydrogen (secondary N) is 1. The molecule has 0 aliphatic carbocycles. The Morgan fingerprint density at radius 1 is 1.56 bits per heavy atom. The molecule has 0 radical (unpaired) electrons. The highest BCUT2D eigenvalue weighted by Crippen LogP contribution is 2.13. The Labute approximate surface area is 104 Å². The quantitative estimate of drug-likeness (QED) is 0.751. The molecule has 1 fully saturated rings. The van der Waals surface area contributed by atoms with Crippen molar-refractivity contribution in [1.82, 2.24) is 10.2 Å². The molecule has 96 valence electrons. The highest BCUT2D eigenvalue weighted by atomic mass is 35.5. The first-order valence-electron chi connectivity index (χ1n) is 5.82. The minimum atomic E-state index is -0.229. The largest absolute Gasteiger partial charge is 0.369 e. The number of carbonyl (C=O) groups excluding carboxylic acids is 1. The van der Waals surface area contributed by atoms with Gasteiger partial charge in [-0.2, -0.15) is 0 Å². The van der Waals surface area contributed by atoms with Crippen molar-refractivity contribution in [1.29, 1.82) is 0 Å². The van der Waals surface area contributed by atoms with Crippen LogP contribution >= 0.6 is 12.4 Å². The molecule has 0 aromatic heterocycles. The van der Waals surface area contributed by atoms with E-state index in [-0.39, 0.29) is 18.3 Å². The van der Waals surface area contributed by atoms with Crippen LogP contribution in [0.25, 0.3) is 0 Å². The molecule has 16 heavy (non-hydrogen) atoms. The van der Waals surface area contributed by atoms with E-state index in [4.69, 9.17) is 5.73 Å². The second kappa shape index (κ2) is 7.87. The van der Waals surface area contributed by atoms with Crippen LogP contribution in [-0.4, -0.2) is 43.0 Å². The lowest BCUT2D eigenvalue weighted by Gasteiger charge is -2.31. The van der Waals surface area contributed by atoms with Crippen molar-refractivity contribution in [2.75, 3.05) is 26.2 Å². The van der Waals surface area contributed by atoms with Crippen molar-refractivity contribution in [2.24, 2.45) is 11.7 Å². The summed E-state index contributed by atoms with van der Waals surface area (Å²) in [4.78, 5) is 13.1. The van der Waals surface area contributed by atoms with Crippen LogP contribution in [0.4, 0.5) is 0 Å². The van der Waals surface area contributed by atoms with Crippen molar-refractivity contribution in [3.63, 3.8) is 0 Å². The number of piperidine rings is 1. The second-order valence-corrected chi connectivity index (χ2v) is 4.70. The van der Waals surface area contributed by atoms with E-state index in [1.54, 1.807) is 0 Å². The van der Waals surface area contributed by atoms with Crippen LogP contribution in [0.15, 0.2) is 0 Å². The van der Waals surface area contributed by atoms with Gasteiger partial charge < -0.3 is 11.1 Å². The van der Waals surface area contributed by atoms with E-state index in [2.05, 4.69) is 24.1 Å². The van der Waals surface area contributed by atoms with E-state index >= 15 is 0 Å². The molecule has 1 aliphatic rings. The number of hydrogen-bond acceptors (Lipinski definition) is 3. The smallest absolute Gasteiger partial charge is 0.231 e. The highest BCUT2D eigenvalue weighted by molar-refractivity contribution is 5.85. The molecule has 0 aromatic rings. The molecule has 1 heterocycles. The van der Waals surface area contributed by atoms with Gasteiger partial charge in [0.1, 0.15) is 0 Å². The van der Waals surface area contributed by atoms with E-state index in [9.17, 15) is 4.79 Å². The first kappa shape index (κ1) is 15.7. The predicted octanol–water partition coefficient (Wildman–Crippen LogP) is 0.604. The normalized spacial score (nSPS) is 20.9. The van der Waals surface area contributed by atoms with Gasteiger partial charge in [-0.25, -0.2) is 0 Å². The SMILES string of the molecule is CC(C)N(CC(N)=O)CC1CCCNC1.Cl. The van der Waals surface area contributed by atoms with Crippen LogP contribution in [0.2, 0.25) is 0 Å². The summed E-state index contributed by atoms with van der Waals surface area (Å²) in [6.07, 6.45) is 2.50. The Balaban J connectivity index is 0.00000225. The van der Waals surface area contributed by atoms with Crippen LogP contribution in [0.5, 0.6) is 0 Å². The van der Waals surface area contributed by atoms with Gasteiger partial charge >= 0.3 is 0 Å². The minimum absolute atomic E-state index is 0. The molecule has 0 saturated carbocycles. The van der Waals surface area contributed by atoms with Gasteiger partial charge in [0.25, 0.3) is 0 Å². The Bertz CT molecular complexity index is 205. The molecule has 1 rings (SSSR count). The van der Waals surface area contributed by atoms with Gasteiger partial charge in [-0.3, -0.25) is 9.69 Å². The zero-order valence-electron chi connectivity index (χ0n) is 10.2. The Kier molecular flexibility index (Phi) is 7.72. The third kappa shape index (κ3) is 5.68. The molecule has 4 nitrogen and oxygen atoms in total. The fourth-order valence-electron chi connectivity index (χ4n) is 2.07. The van der Waals surface area contributed by atoms with E-state index in [1.807, 2.05) is 0 Å². The van der Waals surface area contributed by atoms with Crippen molar-refractivity contribution >= 4 is 18.3 Å². The van der Waals surface area contributed by atoms with E-state index in [0.717, 1.165) is 19.6 Å². The highest BCUT2D eigenvalue weighted by Gasteiger charge is 2.19. The van der Waals surface area contributed by atoms with Crippen LogP contribution in [-0.2, 0) is 4.79 Å². The summed E-state index contributed by atoms with van der Waals surface area (Å²) in [5.74, 6) is 0.438. The van der Waals surface area contributed by atoms with Gasteiger partial charge in [0.15, 0.2) is 0 Å². The van der Waals surface area contributed by atoms with Crippen molar-refractivity contribution in [3.8, 4) is 0 Å². The summed E-state index contributed by atoms with van der Waals surface area (Å²) in [7, 11) is 0. The Morgan fingerprint density at radius 3 is 2.69 bits per heavy atom. The molecule has 3 N–H and O–H groups in total. The maximum atomic E-state index is 10.9. The number of rotatable bonds is 5. The average Bonchev–Trinajstić information content (AvgIpc) is 2.17. The average molecular weight is 250 g/mol. The van der Waals surface area contributed by atoms with E-state index in [1.165, 1.54) is 12.8 Å². The summed E-state index contributed by atoms with van der Waals surface area (Å²) in [5.41, 5.74) is 5.24. The number of primary amides is 1. The molecule has 1 unspecified atom stereocenters. The van der Waals surface area contributed by atoms with Crippen LogP contribution in [0, 0.1) is 5.92 Å². The van der Waals surface area contributed by atoms with Crippen LogP contribution < -0.4 is 11.1 Å². The lowest BCUT2D eigenvalue weighted by atomic mass is 9.98. The number of nitrogens with two attached hydrogens (primary N) is 1. The summed E-state index contributed by atoms with van der Waals surface area (Å²) >= 11 is 0. The maximum Gasteiger partial charge on any atom is 0.231 e. The molecular formula is C11H24ClN3O. The maximum absolute atomic E-state index is 10.9. The van der Waals surface area contributed by atoms with E-state index < -0.39 is 0 Å². The van der Waals surface area contributed by atoms with Crippen molar-refractivity contribution in [3.05, 3.63) is 0 Å². The number of hydrogen-bond donors (Lipinski definition) is 2. The van der Waals surface area contributed by atoms with Crippen molar-refractivity contribution in [2.45, 2.75) is 32.7 Å². The van der Waals surface area contributed by atoms with Crippen LogP contribution in [0.3, 0.4) is 0 Å². The van der Waals surface area contributed by atoms with Crippen LogP contribution in [0.1, 0.15) is 26.7 Å². The summed E-state index contributed by atoms with van der Waals surface area (Å²) in [5, 5.41) is 3.39. The number of nitrogens with zero attached hydrogens (tertiary/aromatic N) is 1. The molecule has 1 aliphatic heterocycles. The third-order valence-electron chi connectivity index (χ3n) is 2.98. The number of amides is 1. The fraction of sp³-hybridized carbons (Fsp3) is 0.909. The van der Waals surface area contributed by atoms with Gasteiger partial charge in [-0.1, -0.05) is 0 Å². The second-order valence-electron chi connectivity index (χ2n) is 4.70. The van der Waals surface area contributed by atoms with Gasteiger partial charge in [-0.05, 0) is 45.7 Å². The molecule has 0 spiro atoms.